The van der Waals surface area contributed by atoms with E-state index in [4.69, 9.17) is 0 Å². The lowest BCUT2D eigenvalue weighted by atomic mass is 10.1. The van der Waals surface area contributed by atoms with Gasteiger partial charge in [-0.3, -0.25) is 14.8 Å². The summed E-state index contributed by atoms with van der Waals surface area (Å²) < 4.78 is 27.6. The number of para-hydroxylation sites is 1. The Hall–Kier alpha value is -3.53. The van der Waals surface area contributed by atoms with Crippen LogP contribution in [0.2, 0.25) is 0 Å². The van der Waals surface area contributed by atoms with Gasteiger partial charge in [0, 0.05) is 11.5 Å². The Kier molecular flexibility index (Phi) is 4.50. The number of sulfonamides is 1. The lowest BCUT2D eigenvalue weighted by Crippen LogP contribution is -2.14. The van der Waals surface area contributed by atoms with Crippen LogP contribution in [0.3, 0.4) is 0 Å². The molecule has 0 saturated heterocycles. The summed E-state index contributed by atoms with van der Waals surface area (Å²) in [5.74, 6) is -1.44. The Morgan fingerprint density at radius 2 is 1.85 bits per heavy atom. The number of aromatic carboxylic acids is 1. The molecule has 0 unspecified atom stereocenters. The highest BCUT2D eigenvalue weighted by atomic mass is 32.2. The molecule has 138 valence electrons. The number of rotatable bonds is 5. The molecule has 0 spiro atoms. The number of aromatic nitrogens is 1. The van der Waals surface area contributed by atoms with Crippen LogP contribution < -0.4 is 4.72 Å². The van der Waals surface area contributed by atoms with Gasteiger partial charge < -0.3 is 5.11 Å². The second-order valence-electron chi connectivity index (χ2n) is 5.71. The molecule has 10 heteroatoms. The Bertz CT molecular complexity index is 1170. The van der Waals surface area contributed by atoms with Gasteiger partial charge in [-0.2, -0.15) is 0 Å². The zero-order valence-electron chi connectivity index (χ0n) is 13.9. The number of hydrogen-bond acceptors (Lipinski definition) is 6. The number of nitro benzene ring substituents is 1. The molecule has 27 heavy (non-hydrogen) atoms. The lowest BCUT2D eigenvalue weighted by molar-refractivity contribution is -0.383. The van der Waals surface area contributed by atoms with Gasteiger partial charge in [-0.15, -0.1) is 0 Å². The molecule has 0 fully saturated rings. The number of benzene rings is 2. The van der Waals surface area contributed by atoms with E-state index in [9.17, 15) is 28.4 Å². The number of fused-ring (bicyclic) bond motifs is 1. The predicted molar refractivity (Wildman–Crippen MR) is 97.3 cm³/mol. The van der Waals surface area contributed by atoms with E-state index in [-0.39, 0.29) is 21.5 Å². The third-order valence-electron chi connectivity index (χ3n) is 3.81. The number of carboxylic acid groups (broad SMARTS) is 1. The van der Waals surface area contributed by atoms with Gasteiger partial charge in [-0.25, -0.2) is 18.2 Å². The molecule has 0 aliphatic heterocycles. The molecule has 0 saturated carbocycles. The highest BCUT2D eigenvalue weighted by Crippen LogP contribution is 2.31. The summed E-state index contributed by atoms with van der Waals surface area (Å²) in [4.78, 5) is 25.6. The summed E-state index contributed by atoms with van der Waals surface area (Å²) in [6, 6.07) is 11.0. The van der Waals surface area contributed by atoms with E-state index in [1.54, 1.807) is 19.1 Å². The van der Waals surface area contributed by atoms with Crippen LogP contribution in [0.5, 0.6) is 0 Å². The molecule has 3 aromatic rings. The van der Waals surface area contributed by atoms with E-state index in [1.165, 1.54) is 30.3 Å². The molecule has 0 atom stereocenters. The maximum Gasteiger partial charge on any atom is 0.354 e. The third kappa shape index (κ3) is 3.55. The average molecular weight is 387 g/mol. The zero-order chi connectivity index (χ0) is 19.8. The van der Waals surface area contributed by atoms with E-state index in [0.717, 1.165) is 11.6 Å². The molecular formula is C17H13N3O6S. The van der Waals surface area contributed by atoms with Gasteiger partial charge in [-0.05, 0) is 25.1 Å². The fourth-order valence-corrected chi connectivity index (χ4v) is 3.57. The molecule has 2 N–H and O–H groups in total. The molecule has 9 nitrogen and oxygen atoms in total. The van der Waals surface area contributed by atoms with Crippen molar-refractivity contribution in [3.8, 4) is 0 Å². The second-order valence-corrected chi connectivity index (χ2v) is 7.39. The summed E-state index contributed by atoms with van der Waals surface area (Å²) in [6.07, 6.45) is 0. The summed E-state index contributed by atoms with van der Waals surface area (Å²) >= 11 is 0. The smallest absolute Gasteiger partial charge is 0.354 e. The first-order valence-corrected chi connectivity index (χ1v) is 9.08. The Morgan fingerprint density at radius 1 is 1.19 bits per heavy atom. The fourth-order valence-electron chi connectivity index (χ4n) is 2.50. The van der Waals surface area contributed by atoms with E-state index in [0.29, 0.717) is 0 Å². The van der Waals surface area contributed by atoms with Crippen LogP contribution >= 0.6 is 0 Å². The van der Waals surface area contributed by atoms with Crippen molar-refractivity contribution in [3.05, 3.63) is 69.9 Å². The first kappa shape index (κ1) is 18.3. The maximum atomic E-state index is 12.6. The predicted octanol–water partition coefficient (Wildman–Crippen LogP) is 2.95. The van der Waals surface area contributed by atoms with Gasteiger partial charge in [-0.1, -0.05) is 29.8 Å². The number of anilines is 1. The fraction of sp³-hybridized carbons (Fsp3) is 0.0588. The number of nitrogens with zero attached hydrogens (tertiary/aromatic N) is 2. The van der Waals surface area contributed by atoms with Gasteiger partial charge in [0.2, 0.25) is 0 Å². The van der Waals surface area contributed by atoms with Crippen LogP contribution in [0, 0.1) is 17.0 Å². The summed E-state index contributed by atoms with van der Waals surface area (Å²) in [6.45, 7) is 1.80. The maximum absolute atomic E-state index is 12.6. The number of carboxylic acids is 1. The normalized spacial score (nSPS) is 11.3. The quantitative estimate of drug-likeness (QED) is 0.506. The second kappa shape index (κ2) is 6.65. The molecule has 1 heterocycles. The summed E-state index contributed by atoms with van der Waals surface area (Å²) in [5, 5.41) is 20.6. The number of nitrogens with one attached hydrogen (secondary N) is 1. The molecule has 0 aliphatic rings. The van der Waals surface area contributed by atoms with Gasteiger partial charge in [0.15, 0.2) is 11.2 Å². The van der Waals surface area contributed by atoms with Crippen molar-refractivity contribution in [2.75, 3.05) is 4.72 Å². The minimum atomic E-state index is -4.04. The molecule has 0 amide bonds. The number of pyridine rings is 1. The van der Waals surface area contributed by atoms with E-state index in [1.807, 2.05) is 0 Å². The van der Waals surface area contributed by atoms with E-state index < -0.39 is 32.3 Å². The molecular weight excluding hydrogens is 374 g/mol. The minimum Gasteiger partial charge on any atom is -0.477 e. The monoisotopic (exact) mass is 387 g/mol. The number of aryl methyl sites for hydroxylation is 1. The van der Waals surface area contributed by atoms with Crippen LogP contribution in [0.4, 0.5) is 11.4 Å². The summed E-state index contributed by atoms with van der Waals surface area (Å²) in [5.41, 5.74) is -0.400. The topological polar surface area (TPSA) is 140 Å². The number of non-ortho nitro benzene ring substituents is 1. The van der Waals surface area contributed by atoms with Crippen LogP contribution in [-0.2, 0) is 10.0 Å². The number of nitro groups is 1. The highest BCUT2D eigenvalue weighted by molar-refractivity contribution is 7.92. The SMILES string of the molecule is Cc1ccc(S(=O)(=O)Nc2cc(C(=O)O)nc3c([N+](=O)[O-])cccc23)cc1. The number of hydrogen-bond donors (Lipinski definition) is 2. The van der Waals surface area contributed by atoms with Gasteiger partial charge in [0.05, 0.1) is 15.5 Å². The molecule has 3 rings (SSSR count). The van der Waals surface area contributed by atoms with Crippen LogP contribution in [0.25, 0.3) is 10.9 Å². The van der Waals surface area contributed by atoms with Crippen molar-refractivity contribution in [3.63, 3.8) is 0 Å². The van der Waals surface area contributed by atoms with Crippen molar-refractivity contribution in [2.45, 2.75) is 11.8 Å². The van der Waals surface area contributed by atoms with E-state index in [2.05, 4.69) is 9.71 Å². The minimum absolute atomic E-state index is 0.0274. The first-order valence-electron chi connectivity index (χ1n) is 7.60. The lowest BCUT2D eigenvalue weighted by Gasteiger charge is -2.12. The van der Waals surface area contributed by atoms with Crippen LogP contribution in [-0.4, -0.2) is 29.4 Å². The van der Waals surface area contributed by atoms with Gasteiger partial charge >= 0.3 is 5.97 Å². The molecule has 0 bridgehead atoms. The largest absolute Gasteiger partial charge is 0.477 e. The van der Waals surface area contributed by atoms with Crippen molar-refractivity contribution in [2.24, 2.45) is 0 Å². The van der Waals surface area contributed by atoms with Crippen molar-refractivity contribution in [1.82, 2.24) is 4.98 Å². The van der Waals surface area contributed by atoms with Gasteiger partial charge in [0.1, 0.15) is 0 Å². The highest BCUT2D eigenvalue weighted by Gasteiger charge is 2.22. The average Bonchev–Trinajstić information content (AvgIpc) is 2.61. The van der Waals surface area contributed by atoms with Crippen LogP contribution in [0.1, 0.15) is 16.1 Å². The van der Waals surface area contributed by atoms with Gasteiger partial charge in [0.25, 0.3) is 15.7 Å². The van der Waals surface area contributed by atoms with E-state index >= 15 is 0 Å². The molecule has 0 radical (unpaired) electrons. The Morgan fingerprint density at radius 3 is 2.44 bits per heavy atom. The Labute approximate surface area is 153 Å². The van der Waals surface area contributed by atoms with Crippen molar-refractivity contribution >= 4 is 38.3 Å². The third-order valence-corrected chi connectivity index (χ3v) is 5.19. The summed E-state index contributed by atoms with van der Waals surface area (Å²) in [7, 11) is -4.04. The first-order chi connectivity index (χ1) is 12.7. The van der Waals surface area contributed by atoms with Crippen molar-refractivity contribution < 1.29 is 23.2 Å². The van der Waals surface area contributed by atoms with Crippen LogP contribution in [0.15, 0.2) is 53.4 Å². The Balaban J connectivity index is 2.21. The number of carbonyl (C=O) groups is 1. The molecule has 1 aromatic heterocycles. The molecule has 2 aromatic carbocycles. The standard InChI is InChI=1S/C17H13N3O6S/c1-10-5-7-11(8-6-10)27(25,26)19-13-9-14(17(21)22)18-16-12(13)3-2-4-15(16)20(23)24/h2-9H,1H3,(H,18,19)(H,21,22). The zero-order valence-corrected chi connectivity index (χ0v) is 14.7. The molecule has 0 aliphatic carbocycles. The van der Waals surface area contributed by atoms with Crippen molar-refractivity contribution in [1.29, 1.82) is 0 Å².